The van der Waals surface area contributed by atoms with Crippen molar-refractivity contribution >= 4 is 0 Å². The van der Waals surface area contributed by atoms with E-state index in [9.17, 15) is 0 Å². The lowest BCUT2D eigenvalue weighted by molar-refractivity contribution is 0.305. The Kier molecular flexibility index (Phi) is 4.97. The molecule has 2 aromatic rings. The van der Waals surface area contributed by atoms with Gasteiger partial charge in [-0.1, -0.05) is 42.2 Å². The lowest BCUT2D eigenvalue weighted by Crippen LogP contribution is -2.04. The van der Waals surface area contributed by atoms with Crippen molar-refractivity contribution in [2.24, 2.45) is 0 Å². The van der Waals surface area contributed by atoms with Gasteiger partial charge in [-0.05, 0) is 18.7 Å². The molecule has 3 nitrogen and oxygen atoms in total. The number of pyridine rings is 1. The molecule has 0 aliphatic rings. The Morgan fingerprint density at radius 2 is 2.05 bits per heavy atom. The Morgan fingerprint density at radius 1 is 1.21 bits per heavy atom. The summed E-state index contributed by atoms with van der Waals surface area (Å²) in [4.78, 5) is 4.13. The van der Waals surface area contributed by atoms with E-state index in [-0.39, 0.29) is 0 Å². The van der Waals surface area contributed by atoms with Gasteiger partial charge in [-0.25, -0.2) is 0 Å². The van der Waals surface area contributed by atoms with Gasteiger partial charge >= 0.3 is 0 Å². The normalized spacial score (nSPS) is 9.53. The van der Waals surface area contributed by atoms with Crippen LogP contribution < -0.4 is 10.1 Å². The van der Waals surface area contributed by atoms with E-state index in [4.69, 9.17) is 4.74 Å². The van der Waals surface area contributed by atoms with Gasteiger partial charge in [-0.2, -0.15) is 0 Å². The Labute approximate surface area is 113 Å². The second kappa shape index (κ2) is 7.20. The predicted octanol–water partition coefficient (Wildman–Crippen LogP) is 2.23. The zero-order valence-corrected chi connectivity index (χ0v) is 10.9. The van der Waals surface area contributed by atoms with Crippen molar-refractivity contribution in [1.82, 2.24) is 10.3 Å². The van der Waals surface area contributed by atoms with Crippen molar-refractivity contribution in [1.29, 1.82) is 0 Å². The van der Waals surface area contributed by atoms with Crippen LogP contribution in [0, 0.1) is 11.8 Å². The highest BCUT2D eigenvalue weighted by Crippen LogP contribution is 2.12. The SMILES string of the molecule is CNCC#Cc1cncc(OCc2ccccc2)c1. The molecular weight excluding hydrogens is 236 g/mol. The zero-order valence-electron chi connectivity index (χ0n) is 10.9. The molecule has 0 fully saturated rings. The van der Waals surface area contributed by atoms with Crippen molar-refractivity contribution in [2.75, 3.05) is 13.6 Å². The van der Waals surface area contributed by atoms with Gasteiger partial charge < -0.3 is 10.1 Å². The second-order valence-corrected chi connectivity index (χ2v) is 4.02. The molecule has 1 aromatic heterocycles. The lowest BCUT2D eigenvalue weighted by Gasteiger charge is -2.05. The average molecular weight is 252 g/mol. The molecule has 96 valence electrons. The van der Waals surface area contributed by atoms with Crippen molar-refractivity contribution in [3.05, 3.63) is 59.9 Å². The first-order valence-corrected chi connectivity index (χ1v) is 6.14. The molecule has 0 unspecified atom stereocenters. The molecule has 3 heteroatoms. The molecule has 0 aliphatic carbocycles. The zero-order chi connectivity index (χ0) is 13.3. The average Bonchev–Trinajstić information content (AvgIpc) is 2.47. The number of hydrogen-bond acceptors (Lipinski definition) is 3. The third-order valence-electron chi connectivity index (χ3n) is 2.46. The minimum Gasteiger partial charge on any atom is -0.487 e. The minimum absolute atomic E-state index is 0.538. The molecule has 0 bridgehead atoms. The van der Waals surface area contributed by atoms with E-state index >= 15 is 0 Å². The van der Waals surface area contributed by atoms with E-state index < -0.39 is 0 Å². The summed E-state index contributed by atoms with van der Waals surface area (Å²) in [6.45, 7) is 1.20. The maximum atomic E-state index is 5.69. The molecule has 1 heterocycles. The maximum absolute atomic E-state index is 5.69. The van der Waals surface area contributed by atoms with Gasteiger partial charge in [0.15, 0.2) is 0 Å². The van der Waals surface area contributed by atoms with E-state index in [1.807, 2.05) is 43.4 Å². The first-order valence-electron chi connectivity index (χ1n) is 6.14. The summed E-state index contributed by atoms with van der Waals surface area (Å²) < 4.78 is 5.69. The Hall–Kier alpha value is -2.31. The van der Waals surface area contributed by atoms with Crippen molar-refractivity contribution in [3.8, 4) is 17.6 Å². The van der Waals surface area contributed by atoms with Crippen molar-refractivity contribution in [3.63, 3.8) is 0 Å². The van der Waals surface area contributed by atoms with Crippen molar-refractivity contribution < 1.29 is 4.74 Å². The largest absolute Gasteiger partial charge is 0.487 e. The quantitative estimate of drug-likeness (QED) is 0.847. The fourth-order valence-electron chi connectivity index (χ4n) is 1.54. The lowest BCUT2D eigenvalue weighted by atomic mass is 10.2. The molecule has 0 saturated carbocycles. The first kappa shape index (κ1) is 13.1. The number of aromatic nitrogens is 1. The minimum atomic E-state index is 0.538. The number of rotatable bonds is 4. The molecule has 0 aliphatic heterocycles. The number of nitrogens with zero attached hydrogens (tertiary/aromatic N) is 1. The van der Waals surface area contributed by atoms with Gasteiger partial charge in [0.1, 0.15) is 12.4 Å². The Balaban J connectivity index is 1.98. The van der Waals surface area contributed by atoms with E-state index in [1.165, 1.54) is 0 Å². The van der Waals surface area contributed by atoms with Crippen LogP contribution in [0.1, 0.15) is 11.1 Å². The number of benzene rings is 1. The first-order chi connectivity index (χ1) is 9.38. The second-order valence-electron chi connectivity index (χ2n) is 4.02. The summed E-state index contributed by atoms with van der Waals surface area (Å²) in [6.07, 6.45) is 3.43. The smallest absolute Gasteiger partial charge is 0.139 e. The summed E-state index contributed by atoms with van der Waals surface area (Å²) in [5.74, 6) is 6.76. The van der Waals surface area contributed by atoms with Gasteiger partial charge in [0.25, 0.3) is 0 Å². The summed E-state index contributed by atoms with van der Waals surface area (Å²) in [6, 6.07) is 11.9. The van der Waals surface area contributed by atoms with Crippen LogP contribution >= 0.6 is 0 Å². The van der Waals surface area contributed by atoms with Crippen LogP contribution in [0.15, 0.2) is 48.8 Å². The highest BCUT2D eigenvalue weighted by Gasteiger charge is 1.97. The standard InChI is InChI=1S/C16H16N2O/c1-17-9-5-8-15-10-16(12-18-11-15)19-13-14-6-3-2-4-7-14/h2-4,6-7,10-12,17H,9,13H2,1H3. The fourth-order valence-corrected chi connectivity index (χ4v) is 1.54. The van der Waals surface area contributed by atoms with Crippen LogP contribution in [0.2, 0.25) is 0 Å². The maximum Gasteiger partial charge on any atom is 0.139 e. The molecule has 19 heavy (non-hydrogen) atoms. The van der Waals surface area contributed by atoms with Crippen LogP contribution in [0.5, 0.6) is 5.75 Å². The summed E-state index contributed by atoms with van der Waals surface area (Å²) >= 11 is 0. The molecular formula is C16H16N2O. The highest BCUT2D eigenvalue weighted by molar-refractivity contribution is 5.37. The van der Waals surface area contributed by atoms with Gasteiger partial charge in [0.05, 0.1) is 12.7 Å². The summed E-state index contributed by atoms with van der Waals surface area (Å²) in [7, 11) is 1.87. The third-order valence-corrected chi connectivity index (χ3v) is 2.46. The van der Waals surface area contributed by atoms with Crippen molar-refractivity contribution in [2.45, 2.75) is 6.61 Å². The van der Waals surface area contributed by atoms with Gasteiger partial charge in [-0.3, -0.25) is 4.98 Å². The van der Waals surface area contributed by atoms with E-state index in [0.29, 0.717) is 13.2 Å². The molecule has 0 amide bonds. The van der Waals surface area contributed by atoms with Crippen LogP contribution in [-0.4, -0.2) is 18.6 Å². The molecule has 1 aromatic carbocycles. The highest BCUT2D eigenvalue weighted by atomic mass is 16.5. The van der Waals surface area contributed by atoms with Gasteiger partial charge in [-0.15, -0.1) is 0 Å². The fraction of sp³-hybridized carbons (Fsp3) is 0.188. The number of hydrogen-bond donors (Lipinski definition) is 1. The van der Waals surface area contributed by atoms with E-state index in [2.05, 4.69) is 22.1 Å². The monoisotopic (exact) mass is 252 g/mol. The van der Waals surface area contributed by atoms with E-state index in [0.717, 1.165) is 16.9 Å². The number of nitrogens with one attached hydrogen (secondary N) is 1. The predicted molar refractivity (Wildman–Crippen MR) is 75.8 cm³/mol. The van der Waals surface area contributed by atoms with Gasteiger partial charge in [0.2, 0.25) is 0 Å². The van der Waals surface area contributed by atoms with E-state index in [1.54, 1.807) is 12.4 Å². The van der Waals surface area contributed by atoms with Gasteiger partial charge in [0, 0.05) is 11.8 Å². The molecule has 2 rings (SSSR count). The summed E-state index contributed by atoms with van der Waals surface area (Å²) in [5, 5.41) is 2.97. The third kappa shape index (κ3) is 4.46. The molecule has 1 N–H and O–H groups in total. The Morgan fingerprint density at radius 3 is 2.84 bits per heavy atom. The summed E-state index contributed by atoms with van der Waals surface area (Å²) in [5.41, 5.74) is 2.00. The van der Waals surface area contributed by atoms with Crippen LogP contribution in [0.25, 0.3) is 0 Å². The van der Waals surface area contributed by atoms with Crippen LogP contribution in [-0.2, 0) is 6.61 Å². The molecule has 0 spiro atoms. The molecule has 0 radical (unpaired) electrons. The number of ether oxygens (including phenoxy) is 1. The van der Waals surface area contributed by atoms with Crippen LogP contribution in [0.4, 0.5) is 0 Å². The topological polar surface area (TPSA) is 34.2 Å². The molecule has 0 atom stereocenters. The molecule has 0 saturated heterocycles. The Bertz CT molecular complexity index is 570. The van der Waals surface area contributed by atoms with Crippen LogP contribution in [0.3, 0.4) is 0 Å².